The van der Waals surface area contributed by atoms with Gasteiger partial charge in [0.25, 0.3) is 0 Å². The lowest BCUT2D eigenvalue weighted by Crippen LogP contribution is -2.39. The Morgan fingerprint density at radius 3 is 2.20 bits per heavy atom. The second-order valence-corrected chi connectivity index (χ2v) is 2.14. The molecular weight excluding hydrogens is 152 g/mol. The van der Waals surface area contributed by atoms with Crippen LogP contribution in [0.1, 0.15) is 13.8 Å². The van der Waals surface area contributed by atoms with Gasteiger partial charge >= 0.3 is 0 Å². The fourth-order valence-corrected chi connectivity index (χ4v) is 0.503. The van der Waals surface area contributed by atoms with E-state index in [1.54, 1.807) is 18.9 Å². The van der Waals surface area contributed by atoms with Crippen LogP contribution in [0.4, 0.5) is 0 Å². The lowest BCUT2D eigenvalue weighted by Gasteiger charge is -2.16. The quantitative estimate of drug-likeness (QED) is 0.639. The minimum absolute atomic E-state index is 0. The van der Waals surface area contributed by atoms with Gasteiger partial charge < -0.3 is 10.6 Å². The molecule has 4 heteroatoms. The van der Waals surface area contributed by atoms with Crippen LogP contribution >= 0.6 is 12.4 Å². The molecule has 0 saturated heterocycles. The Kier molecular flexibility index (Phi) is 6.82. The molecule has 0 aliphatic carbocycles. The second kappa shape index (κ2) is 5.50. The molecule has 0 heterocycles. The number of rotatable bonds is 2. The summed E-state index contributed by atoms with van der Waals surface area (Å²) in [5, 5.41) is 0. The molecule has 1 unspecified atom stereocenters. The van der Waals surface area contributed by atoms with Crippen LogP contribution in [-0.4, -0.2) is 30.4 Å². The largest absolute Gasteiger partial charge is 0.345 e. The first-order valence-electron chi connectivity index (χ1n) is 3.10. The summed E-state index contributed by atoms with van der Waals surface area (Å²) >= 11 is 0. The zero-order valence-electron chi connectivity index (χ0n) is 6.63. The molecule has 0 aliphatic rings. The monoisotopic (exact) mass is 166 g/mol. The molecule has 0 bridgehead atoms. The van der Waals surface area contributed by atoms with Crippen LogP contribution in [0, 0.1) is 0 Å². The number of carbonyl (C=O) groups excluding carboxylic acids is 1. The first-order chi connectivity index (χ1) is 4.09. The highest BCUT2D eigenvalue weighted by atomic mass is 35.5. The van der Waals surface area contributed by atoms with E-state index in [-0.39, 0.29) is 24.4 Å². The molecule has 10 heavy (non-hydrogen) atoms. The number of carbonyl (C=O) groups is 1. The van der Waals surface area contributed by atoms with Crippen molar-refractivity contribution in [3.8, 4) is 0 Å². The van der Waals surface area contributed by atoms with Crippen molar-refractivity contribution in [3.63, 3.8) is 0 Å². The molecule has 0 aliphatic heterocycles. The van der Waals surface area contributed by atoms with Crippen LogP contribution in [0.25, 0.3) is 0 Å². The summed E-state index contributed by atoms with van der Waals surface area (Å²) in [6.45, 7) is 4.33. The van der Waals surface area contributed by atoms with Crippen LogP contribution in [0.15, 0.2) is 0 Å². The standard InChI is InChI=1S/C6H14N2O.ClH/c1-4-8(3)6(9)5(2)7;/h5H,4,7H2,1-3H3;1H. The number of halogens is 1. The predicted octanol–water partition coefficient (Wildman–Crippen LogP) is 0.234. The van der Waals surface area contributed by atoms with Gasteiger partial charge in [0.05, 0.1) is 6.04 Å². The molecule has 0 rings (SSSR count). The average molecular weight is 167 g/mol. The van der Waals surface area contributed by atoms with E-state index in [4.69, 9.17) is 5.73 Å². The zero-order valence-corrected chi connectivity index (χ0v) is 7.44. The average Bonchev–Trinajstić information content (AvgIpc) is 1.84. The van der Waals surface area contributed by atoms with Crippen molar-refractivity contribution >= 4 is 18.3 Å². The van der Waals surface area contributed by atoms with Crippen molar-refractivity contribution < 1.29 is 4.79 Å². The summed E-state index contributed by atoms with van der Waals surface area (Å²) in [6, 6.07) is -0.366. The molecule has 1 amide bonds. The Hall–Kier alpha value is -0.280. The van der Waals surface area contributed by atoms with Crippen molar-refractivity contribution in [2.45, 2.75) is 19.9 Å². The highest BCUT2D eigenvalue weighted by Crippen LogP contribution is 1.86. The van der Waals surface area contributed by atoms with Crippen molar-refractivity contribution in [3.05, 3.63) is 0 Å². The number of amides is 1. The maximum atomic E-state index is 10.9. The summed E-state index contributed by atoms with van der Waals surface area (Å²) < 4.78 is 0. The van der Waals surface area contributed by atoms with Crippen LogP contribution in [0.2, 0.25) is 0 Å². The van der Waals surface area contributed by atoms with Gasteiger partial charge in [0.2, 0.25) is 5.91 Å². The normalized spacial score (nSPS) is 11.6. The summed E-state index contributed by atoms with van der Waals surface area (Å²) in [4.78, 5) is 12.5. The number of nitrogens with zero attached hydrogens (tertiary/aromatic N) is 1. The van der Waals surface area contributed by atoms with Gasteiger partial charge in [-0.25, -0.2) is 0 Å². The fraction of sp³-hybridized carbons (Fsp3) is 0.833. The van der Waals surface area contributed by atoms with Crippen LogP contribution < -0.4 is 5.73 Å². The van der Waals surface area contributed by atoms with E-state index >= 15 is 0 Å². The SMILES string of the molecule is CCN(C)C(=O)C(C)N.Cl. The van der Waals surface area contributed by atoms with Gasteiger partial charge in [0.1, 0.15) is 0 Å². The summed E-state index contributed by atoms with van der Waals surface area (Å²) in [7, 11) is 1.74. The summed E-state index contributed by atoms with van der Waals surface area (Å²) in [6.07, 6.45) is 0. The van der Waals surface area contributed by atoms with Crippen LogP contribution in [-0.2, 0) is 4.79 Å². The lowest BCUT2D eigenvalue weighted by atomic mass is 10.3. The van der Waals surface area contributed by atoms with Gasteiger partial charge in [-0.2, -0.15) is 0 Å². The predicted molar refractivity (Wildman–Crippen MR) is 44.2 cm³/mol. The van der Waals surface area contributed by atoms with Crippen molar-refractivity contribution in [1.29, 1.82) is 0 Å². The van der Waals surface area contributed by atoms with E-state index in [9.17, 15) is 4.79 Å². The highest BCUT2D eigenvalue weighted by molar-refractivity contribution is 5.85. The fourth-order valence-electron chi connectivity index (χ4n) is 0.503. The van der Waals surface area contributed by atoms with Crippen molar-refractivity contribution in [1.82, 2.24) is 4.90 Å². The molecule has 62 valence electrons. The Morgan fingerprint density at radius 1 is 1.70 bits per heavy atom. The third-order valence-electron chi connectivity index (χ3n) is 1.24. The molecule has 0 aromatic rings. The van der Waals surface area contributed by atoms with Gasteiger partial charge in [0, 0.05) is 13.6 Å². The van der Waals surface area contributed by atoms with Gasteiger partial charge in [-0.1, -0.05) is 0 Å². The third-order valence-corrected chi connectivity index (χ3v) is 1.24. The second-order valence-electron chi connectivity index (χ2n) is 2.14. The number of nitrogens with two attached hydrogens (primary N) is 1. The lowest BCUT2D eigenvalue weighted by molar-refractivity contribution is -0.130. The minimum atomic E-state index is -0.366. The summed E-state index contributed by atoms with van der Waals surface area (Å²) in [5.74, 6) is -0.00231. The van der Waals surface area contributed by atoms with Gasteiger partial charge in [-0.15, -0.1) is 12.4 Å². The molecule has 0 saturated carbocycles. The smallest absolute Gasteiger partial charge is 0.238 e. The Labute approximate surface area is 68.0 Å². The molecule has 3 nitrogen and oxygen atoms in total. The van der Waals surface area contributed by atoms with E-state index in [1.807, 2.05) is 6.92 Å². The Morgan fingerprint density at radius 2 is 2.10 bits per heavy atom. The van der Waals surface area contributed by atoms with E-state index < -0.39 is 0 Å². The zero-order chi connectivity index (χ0) is 7.44. The maximum absolute atomic E-state index is 10.9. The van der Waals surface area contributed by atoms with E-state index in [2.05, 4.69) is 0 Å². The number of hydrogen-bond acceptors (Lipinski definition) is 2. The Bertz CT molecular complexity index is 106. The van der Waals surface area contributed by atoms with E-state index in [1.165, 1.54) is 0 Å². The van der Waals surface area contributed by atoms with Crippen molar-refractivity contribution in [2.75, 3.05) is 13.6 Å². The van der Waals surface area contributed by atoms with Gasteiger partial charge in [-0.3, -0.25) is 4.79 Å². The van der Waals surface area contributed by atoms with Crippen LogP contribution in [0.3, 0.4) is 0 Å². The van der Waals surface area contributed by atoms with Gasteiger partial charge in [-0.05, 0) is 13.8 Å². The molecule has 1 atom stereocenters. The van der Waals surface area contributed by atoms with E-state index in [0.717, 1.165) is 6.54 Å². The summed E-state index contributed by atoms with van der Waals surface area (Å²) in [5.41, 5.74) is 5.32. The number of hydrogen-bond donors (Lipinski definition) is 1. The minimum Gasteiger partial charge on any atom is -0.345 e. The molecule has 0 radical (unpaired) electrons. The topological polar surface area (TPSA) is 46.3 Å². The molecule has 0 fully saturated rings. The maximum Gasteiger partial charge on any atom is 0.238 e. The third kappa shape index (κ3) is 3.69. The first kappa shape index (κ1) is 12.4. The first-order valence-corrected chi connectivity index (χ1v) is 3.10. The van der Waals surface area contributed by atoms with Gasteiger partial charge in [0.15, 0.2) is 0 Å². The van der Waals surface area contributed by atoms with E-state index in [0.29, 0.717) is 0 Å². The molecule has 0 aromatic heterocycles. The molecule has 0 spiro atoms. The molecular formula is C6H15ClN2O. The molecule has 0 aromatic carbocycles. The molecule has 2 N–H and O–H groups in total. The highest BCUT2D eigenvalue weighted by Gasteiger charge is 2.09. The van der Waals surface area contributed by atoms with Crippen molar-refractivity contribution in [2.24, 2.45) is 5.73 Å². The van der Waals surface area contributed by atoms with Crippen LogP contribution in [0.5, 0.6) is 0 Å². The number of likely N-dealkylation sites (N-methyl/N-ethyl adjacent to an activating group) is 1. The Balaban J connectivity index is 0.